The highest BCUT2D eigenvalue weighted by molar-refractivity contribution is 6.07. The van der Waals surface area contributed by atoms with Gasteiger partial charge in [-0.3, -0.25) is 4.98 Å². The molecule has 2 rings (SSSR count). The van der Waals surface area contributed by atoms with E-state index in [2.05, 4.69) is 10.1 Å². The second-order valence-electron chi connectivity index (χ2n) is 3.43. The minimum Gasteiger partial charge on any atom is -0.409 e. The average Bonchev–Trinajstić information content (AvgIpc) is 2.32. The number of benzene rings is 1. The fourth-order valence-electron chi connectivity index (χ4n) is 1.65. The molecule has 0 spiro atoms. The number of oxime groups is 1. The zero-order valence-corrected chi connectivity index (χ0v) is 8.61. The third-order valence-corrected chi connectivity index (χ3v) is 2.44. The topological polar surface area (TPSA) is 71.5 Å². The maximum absolute atomic E-state index is 13.7. The molecule has 82 valence electrons. The molecule has 0 bridgehead atoms. The van der Waals surface area contributed by atoms with Crippen molar-refractivity contribution in [3.63, 3.8) is 0 Å². The van der Waals surface area contributed by atoms with Gasteiger partial charge in [-0.1, -0.05) is 11.2 Å². The van der Waals surface area contributed by atoms with Gasteiger partial charge < -0.3 is 10.9 Å². The average molecular weight is 219 g/mol. The predicted molar refractivity (Wildman–Crippen MR) is 58.9 cm³/mol. The standard InChI is InChI=1S/C11H10FN3O/c1-6-2-3-8(12)9-7(6)4-5-14-10(9)11(13)15-16/h2-5,16H,1H3,(H2,13,15). The van der Waals surface area contributed by atoms with Gasteiger partial charge in [-0.25, -0.2) is 4.39 Å². The summed E-state index contributed by atoms with van der Waals surface area (Å²) in [5.74, 6) is -0.634. The summed E-state index contributed by atoms with van der Waals surface area (Å²) in [4.78, 5) is 3.92. The molecule has 2 aromatic rings. The first-order valence-corrected chi connectivity index (χ1v) is 4.67. The second kappa shape index (κ2) is 3.77. The van der Waals surface area contributed by atoms with Crippen LogP contribution in [0, 0.1) is 12.7 Å². The minimum absolute atomic E-state index is 0.154. The molecule has 0 unspecified atom stereocenters. The monoisotopic (exact) mass is 219 g/mol. The maximum atomic E-state index is 13.7. The van der Waals surface area contributed by atoms with E-state index in [4.69, 9.17) is 10.9 Å². The van der Waals surface area contributed by atoms with E-state index in [1.54, 1.807) is 12.1 Å². The molecule has 0 fully saturated rings. The Morgan fingerprint density at radius 1 is 1.44 bits per heavy atom. The van der Waals surface area contributed by atoms with E-state index in [1.165, 1.54) is 12.3 Å². The second-order valence-corrected chi connectivity index (χ2v) is 3.43. The number of aryl methyl sites for hydroxylation is 1. The van der Waals surface area contributed by atoms with Crippen molar-refractivity contribution < 1.29 is 9.60 Å². The van der Waals surface area contributed by atoms with E-state index < -0.39 is 5.82 Å². The van der Waals surface area contributed by atoms with Gasteiger partial charge in [-0.2, -0.15) is 0 Å². The highest BCUT2D eigenvalue weighted by Crippen LogP contribution is 2.23. The fraction of sp³-hybridized carbons (Fsp3) is 0.0909. The van der Waals surface area contributed by atoms with Crippen molar-refractivity contribution in [2.24, 2.45) is 10.9 Å². The Bertz CT molecular complexity index is 581. The lowest BCUT2D eigenvalue weighted by molar-refractivity contribution is 0.318. The lowest BCUT2D eigenvalue weighted by Crippen LogP contribution is -2.16. The number of fused-ring (bicyclic) bond motifs is 1. The van der Waals surface area contributed by atoms with Gasteiger partial charge >= 0.3 is 0 Å². The van der Waals surface area contributed by atoms with Gasteiger partial charge in [0.05, 0.1) is 0 Å². The van der Waals surface area contributed by atoms with Crippen LogP contribution in [0.25, 0.3) is 10.8 Å². The third kappa shape index (κ3) is 1.46. The van der Waals surface area contributed by atoms with Gasteiger partial charge in [0.25, 0.3) is 0 Å². The molecule has 1 aromatic carbocycles. The predicted octanol–water partition coefficient (Wildman–Crippen LogP) is 1.78. The first-order chi connectivity index (χ1) is 7.65. The molecule has 1 heterocycles. The van der Waals surface area contributed by atoms with E-state index in [-0.39, 0.29) is 16.9 Å². The Balaban J connectivity index is 2.92. The molecule has 4 nitrogen and oxygen atoms in total. The number of aromatic nitrogens is 1. The van der Waals surface area contributed by atoms with Crippen molar-refractivity contribution in [3.05, 3.63) is 41.5 Å². The molecule has 0 aliphatic rings. The molecular formula is C11H10FN3O. The van der Waals surface area contributed by atoms with Gasteiger partial charge in [0.1, 0.15) is 11.5 Å². The van der Waals surface area contributed by atoms with Gasteiger partial charge in [0.2, 0.25) is 0 Å². The van der Waals surface area contributed by atoms with Crippen LogP contribution >= 0.6 is 0 Å². The number of pyridine rings is 1. The Morgan fingerprint density at radius 3 is 2.88 bits per heavy atom. The molecule has 0 aliphatic heterocycles. The van der Waals surface area contributed by atoms with E-state index in [0.717, 1.165) is 5.56 Å². The molecule has 0 saturated carbocycles. The summed E-state index contributed by atoms with van der Waals surface area (Å²) in [5.41, 5.74) is 6.51. The zero-order valence-electron chi connectivity index (χ0n) is 8.61. The van der Waals surface area contributed by atoms with E-state index in [0.29, 0.717) is 5.39 Å². The lowest BCUT2D eigenvalue weighted by atomic mass is 10.0. The summed E-state index contributed by atoms with van der Waals surface area (Å²) in [6.07, 6.45) is 1.50. The van der Waals surface area contributed by atoms with Gasteiger partial charge in [0, 0.05) is 11.6 Å². The molecule has 5 heteroatoms. The molecular weight excluding hydrogens is 209 g/mol. The molecule has 0 atom stereocenters. The fourth-order valence-corrected chi connectivity index (χ4v) is 1.65. The number of rotatable bonds is 1. The van der Waals surface area contributed by atoms with E-state index >= 15 is 0 Å². The summed E-state index contributed by atoms with van der Waals surface area (Å²) < 4.78 is 13.7. The largest absolute Gasteiger partial charge is 0.409 e. The zero-order chi connectivity index (χ0) is 11.7. The van der Waals surface area contributed by atoms with Crippen LogP contribution in [-0.4, -0.2) is 16.0 Å². The molecule has 0 aliphatic carbocycles. The van der Waals surface area contributed by atoms with Crippen LogP contribution in [0.15, 0.2) is 29.6 Å². The van der Waals surface area contributed by atoms with Crippen LogP contribution in [0.1, 0.15) is 11.3 Å². The highest BCUT2D eigenvalue weighted by Gasteiger charge is 2.12. The van der Waals surface area contributed by atoms with Crippen molar-refractivity contribution >= 4 is 16.6 Å². The number of amidine groups is 1. The third-order valence-electron chi connectivity index (χ3n) is 2.44. The van der Waals surface area contributed by atoms with Gasteiger partial charge in [-0.05, 0) is 30.0 Å². The first-order valence-electron chi connectivity index (χ1n) is 4.67. The van der Waals surface area contributed by atoms with Crippen molar-refractivity contribution in [2.45, 2.75) is 6.92 Å². The van der Waals surface area contributed by atoms with Crippen molar-refractivity contribution in [1.82, 2.24) is 4.98 Å². The summed E-state index contributed by atoms with van der Waals surface area (Å²) in [5, 5.41) is 12.4. The summed E-state index contributed by atoms with van der Waals surface area (Å²) in [6, 6.07) is 4.71. The van der Waals surface area contributed by atoms with Crippen LogP contribution in [0.5, 0.6) is 0 Å². The molecule has 0 amide bonds. The minimum atomic E-state index is -0.435. The number of hydrogen-bond donors (Lipinski definition) is 2. The summed E-state index contributed by atoms with van der Waals surface area (Å²) in [6.45, 7) is 1.86. The van der Waals surface area contributed by atoms with Gasteiger partial charge in [0.15, 0.2) is 5.84 Å². The Hall–Kier alpha value is -2.17. The maximum Gasteiger partial charge on any atom is 0.189 e. The summed E-state index contributed by atoms with van der Waals surface area (Å²) in [7, 11) is 0. The van der Waals surface area contributed by atoms with Crippen LogP contribution in [0.3, 0.4) is 0 Å². The molecule has 0 radical (unpaired) electrons. The molecule has 0 saturated heterocycles. The van der Waals surface area contributed by atoms with Crippen molar-refractivity contribution in [1.29, 1.82) is 0 Å². The Morgan fingerprint density at radius 2 is 2.19 bits per heavy atom. The van der Waals surface area contributed by atoms with Gasteiger partial charge in [-0.15, -0.1) is 0 Å². The quantitative estimate of drug-likeness (QED) is 0.332. The van der Waals surface area contributed by atoms with E-state index in [9.17, 15) is 4.39 Å². The van der Waals surface area contributed by atoms with Crippen LogP contribution in [0.4, 0.5) is 4.39 Å². The normalized spacial score (nSPS) is 12.0. The number of hydrogen-bond acceptors (Lipinski definition) is 3. The van der Waals surface area contributed by atoms with Crippen molar-refractivity contribution in [3.8, 4) is 0 Å². The molecule has 16 heavy (non-hydrogen) atoms. The lowest BCUT2D eigenvalue weighted by Gasteiger charge is -2.07. The highest BCUT2D eigenvalue weighted by atomic mass is 19.1. The smallest absolute Gasteiger partial charge is 0.189 e. The van der Waals surface area contributed by atoms with Crippen LogP contribution in [0.2, 0.25) is 0 Å². The Kier molecular flexibility index (Phi) is 2.44. The first kappa shape index (κ1) is 10.4. The number of halogens is 1. The van der Waals surface area contributed by atoms with Crippen LogP contribution in [-0.2, 0) is 0 Å². The van der Waals surface area contributed by atoms with Crippen LogP contribution < -0.4 is 5.73 Å². The van der Waals surface area contributed by atoms with Crippen molar-refractivity contribution in [2.75, 3.05) is 0 Å². The number of nitrogens with zero attached hydrogens (tertiary/aromatic N) is 2. The van der Waals surface area contributed by atoms with E-state index in [1.807, 2.05) is 6.92 Å². The summed E-state index contributed by atoms with van der Waals surface area (Å²) >= 11 is 0. The number of nitrogens with two attached hydrogens (primary N) is 1. The molecule has 3 N–H and O–H groups in total. The SMILES string of the molecule is Cc1ccc(F)c2c(C(N)=NO)nccc12. The molecule has 1 aromatic heterocycles. The Labute approximate surface area is 91.2 Å².